The van der Waals surface area contributed by atoms with Gasteiger partial charge in [-0.1, -0.05) is 31.4 Å². The van der Waals surface area contributed by atoms with Crippen molar-refractivity contribution in [2.45, 2.75) is 44.9 Å². The molecule has 2 fully saturated rings. The Morgan fingerprint density at radius 2 is 1.62 bits per heavy atom. The molecule has 0 N–H and O–H groups in total. The topological polar surface area (TPSA) is 57.7 Å². The Hall–Kier alpha value is -2.17. The van der Waals surface area contributed by atoms with Gasteiger partial charge >= 0.3 is 0 Å². The van der Waals surface area contributed by atoms with Crippen molar-refractivity contribution in [3.63, 3.8) is 0 Å². The zero-order valence-corrected chi connectivity index (χ0v) is 15.2. The van der Waals surface area contributed by atoms with Gasteiger partial charge in [-0.15, -0.1) is 0 Å². The molecule has 3 aliphatic rings. The van der Waals surface area contributed by atoms with Gasteiger partial charge in [0.15, 0.2) is 0 Å². The summed E-state index contributed by atoms with van der Waals surface area (Å²) in [5.74, 6) is 1.19. The molecule has 1 aromatic rings. The van der Waals surface area contributed by atoms with Gasteiger partial charge in [0.1, 0.15) is 0 Å². The first-order valence-corrected chi connectivity index (χ1v) is 9.88. The van der Waals surface area contributed by atoms with Crippen molar-refractivity contribution in [3.05, 3.63) is 35.4 Å². The molecule has 4 rings (SSSR count). The van der Waals surface area contributed by atoms with E-state index in [-0.39, 0.29) is 17.7 Å². The van der Waals surface area contributed by atoms with E-state index in [4.69, 9.17) is 0 Å². The molecular formula is C21H26N2O3. The lowest BCUT2D eigenvalue weighted by Crippen LogP contribution is -2.44. The molecule has 5 nitrogen and oxygen atoms in total. The SMILES string of the molecule is O=C(CCCN1C(=O)c2ccccc2C1=O)N1CC[C@H]2CCCC[C@@H]2C1. The lowest BCUT2D eigenvalue weighted by atomic mass is 9.75. The second-order valence-electron chi connectivity index (χ2n) is 7.84. The van der Waals surface area contributed by atoms with E-state index >= 15 is 0 Å². The molecular weight excluding hydrogens is 328 g/mol. The van der Waals surface area contributed by atoms with Crippen LogP contribution in [0.1, 0.15) is 65.7 Å². The average Bonchev–Trinajstić information content (AvgIpc) is 2.92. The Balaban J connectivity index is 1.28. The molecule has 0 unspecified atom stereocenters. The van der Waals surface area contributed by atoms with Crippen LogP contribution in [0.2, 0.25) is 0 Å². The Kier molecular flexibility index (Phi) is 4.79. The molecule has 5 heteroatoms. The molecule has 1 saturated carbocycles. The summed E-state index contributed by atoms with van der Waals surface area (Å²) in [6.45, 7) is 2.08. The number of hydrogen-bond acceptors (Lipinski definition) is 3. The third-order valence-corrected chi connectivity index (χ3v) is 6.29. The standard InChI is InChI=1S/C21H26N2O3/c24-19(22-13-11-15-6-1-2-7-16(15)14-22)10-5-12-23-20(25)17-8-3-4-9-18(17)21(23)26/h3-4,8-9,15-16H,1-2,5-7,10-14H2/t15-,16-/m1/s1. The highest BCUT2D eigenvalue weighted by Gasteiger charge is 2.35. The first kappa shape index (κ1) is 17.3. The largest absolute Gasteiger partial charge is 0.342 e. The number of carbonyl (C=O) groups excluding carboxylic acids is 3. The minimum absolute atomic E-state index is 0.172. The smallest absolute Gasteiger partial charge is 0.261 e. The van der Waals surface area contributed by atoms with Crippen LogP contribution in [0.25, 0.3) is 0 Å². The molecule has 26 heavy (non-hydrogen) atoms. The number of imide groups is 1. The number of nitrogens with zero attached hydrogens (tertiary/aromatic N) is 2. The molecule has 138 valence electrons. The fraction of sp³-hybridized carbons (Fsp3) is 0.571. The Labute approximate surface area is 154 Å². The van der Waals surface area contributed by atoms with Crippen molar-refractivity contribution in [2.75, 3.05) is 19.6 Å². The van der Waals surface area contributed by atoms with Crippen molar-refractivity contribution in [2.24, 2.45) is 11.8 Å². The quantitative estimate of drug-likeness (QED) is 0.781. The predicted octanol–water partition coefficient (Wildman–Crippen LogP) is 3.10. The van der Waals surface area contributed by atoms with Gasteiger partial charge in [0.25, 0.3) is 11.8 Å². The molecule has 0 spiro atoms. The van der Waals surface area contributed by atoms with Gasteiger partial charge in [-0.25, -0.2) is 0 Å². The third kappa shape index (κ3) is 3.15. The molecule has 1 saturated heterocycles. The number of hydrogen-bond donors (Lipinski definition) is 0. The molecule has 3 amide bonds. The first-order valence-electron chi connectivity index (χ1n) is 9.88. The summed E-state index contributed by atoms with van der Waals surface area (Å²) < 4.78 is 0. The Morgan fingerprint density at radius 3 is 2.31 bits per heavy atom. The molecule has 2 heterocycles. The highest BCUT2D eigenvalue weighted by atomic mass is 16.2. The predicted molar refractivity (Wildman–Crippen MR) is 97.7 cm³/mol. The number of fused-ring (bicyclic) bond motifs is 2. The summed E-state index contributed by atoms with van der Waals surface area (Å²) in [7, 11) is 0. The maximum Gasteiger partial charge on any atom is 0.261 e. The van der Waals surface area contributed by atoms with Crippen LogP contribution in [-0.2, 0) is 4.79 Å². The minimum atomic E-state index is -0.235. The van der Waals surface area contributed by atoms with E-state index in [1.807, 2.05) is 4.90 Å². The number of piperidine rings is 1. The van der Waals surface area contributed by atoms with Gasteiger partial charge in [-0.05, 0) is 43.2 Å². The third-order valence-electron chi connectivity index (χ3n) is 6.29. The number of rotatable bonds is 4. The lowest BCUT2D eigenvalue weighted by molar-refractivity contribution is -0.134. The number of benzene rings is 1. The van der Waals surface area contributed by atoms with Gasteiger partial charge in [0.2, 0.25) is 5.91 Å². The van der Waals surface area contributed by atoms with E-state index in [0.717, 1.165) is 25.4 Å². The molecule has 1 aromatic carbocycles. The van der Waals surface area contributed by atoms with E-state index in [0.29, 0.717) is 36.4 Å². The summed E-state index contributed by atoms with van der Waals surface area (Å²) in [5, 5.41) is 0. The second kappa shape index (κ2) is 7.22. The molecule has 0 aromatic heterocycles. The molecule has 2 atom stereocenters. The van der Waals surface area contributed by atoms with Gasteiger partial charge < -0.3 is 4.90 Å². The normalized spacial score (nSPS) is 25.2. The maximum absolute atomic E-state index is 12.6. The van der Waals surface area contributed by atoms with Crippen molar-refractivity contribution in [1.29, 1.82) is 0 Å². The molecule has 0 bridgehead atoms. The maximum atomic E-state index is 12.6. The van der Waals surface area contributed by atoms with E-state index in [1.165, 1.54) is 30.6 Å². The fourth-order valence-corrected chi connectivity index (χ4v) is 4.82. The van der Waals surface area contributed by atoms with Crippen LogP contribution in [0.4, 0.5) is 0 Å². The summed E-state index contributed by atoms with van der Waals surface area (Å²) in [6, 6.07) is 6.92. The van der Waals surface area contributed by atoms with Crippen molar-refractivity contribution in [1.82, 2.24) is 9.80 Å². The summed E-state index contributed by atoms with van der Waals surface area (Å²) in [4.78, 5) is 40.6. The van der Waals surface area contributed by atoms with Crippen LogP contribution in [0.15, 0.2) is 24.3 Å². The van der Waals surface area contributed by atoms with Crippen LogP contribution >= 0.6 is 0 Å². The van der Waals surface area contributed by atoms with Gasteiger partial charge in [0, 0.05) is 26.1 Å². The molecule has 2 aliphatic heterocycles. The van der Waals surface area contributed by atoms with Crippen LogP contribution in [0.3, 0.4) is 0 Å². The molecule has 1 aliphatic carbocycles. The summed E-state index contributed by atoms with van der Waals surface area (Å²) in [5.41, 5.74) is 0.950. The first-order chi connectivity index (χ1) is 12.6. The highest BCUT2D eigenvalue weighted by Crippen LogP contribution is 2.36. The highest BCUT2D eigenvalue weighted by molar-refractivity contribution is 6.21. The minimum Gasteiger partial charge on any atom is -0.342 e. The fourth-order valence-electron chi connectivity index (χ4n) is 4.82. The molecule has 0 radical (unpaired) electrons. The summed E-state index contributed by atoms with van der Waals surface area (Å²) >= 11 is 0. The zero-order valence-electron chi connectivity index (χ0n) is 15.2. The van der Waals surface area contributed by atoms with Crippen LogP contribution in [-0.4, -0.2) is 47.2 Å². The van der Waals surface area contributed by atoms with Crippen molar-refractivity contribution < 1.29 is 14.4 Å². The van der Waals surface area contributed by atoms with E-state index in [9.17, 15) is 14.4 Å². The van der Waals surface area contributed by atoms with E-state index in [1.54, 1.807) is 24.3 Å². The lowest BCUT2D eigenvalue weighted by Gasteiger charge is -2.41. The second-order valence-corrected chi connectivity index (χ2v) is 7.84. The van der Waals surface area contributed by atoms with Gasteiger partial charge in [-0.2, -0.15) is 0 Å². The van der Waals surface area contributed by atoms with Crippen LogP contribution in [0, 0.1) is 11.8 Å². The van der Waals surface area contributed by atoms with Crippen LogP contribution in [0.5, 0.6) is 0 Å². The van der Waals surface area contributed by atoms with Gasteiger partial charge in [-0.3, -0.25) is 19.3 Å². The van der Waals surface area contributed by atoms with Crippen LogP contribution < -0.4 is 0 Å². The Morgan fingerprint density at radius 1 is 0.962 bits per heavy atom. The monoisotopic (exact) mass is 354 g/mol. The van der Waals surface area contributed by atoms with E-state index in [2.05, 4.69) is 0 Å². The number of amides is 3. The Bertz CT molecular complexity index is 695. The zero-order chi connectivity index (χ0) is 18.1. The average molecular weight is 354 g/mol. The van der Waals surface area contributed by atoms with E-state index < -0.39 is 0 Å². The van der Waals surface area contributed by atoms with Crippen molar-refractivity contribution >= 4 is 17.7 Å². The number of likely N-dealkylation sites (tertiary alicyclic amines) is 1. The van der Waals surface area contributed by atoms with Gasteiger partial charge in [0.05, 0.1) is 11.1 Å². The summed E-state index contributed by atoms with van der Waals surface area (Å²) in [6.07, 6.45) is 7.29. The number of carbonyl (C=O) groups is 3. The van der Waals surface area contributed by atoms with Crippen molar-refractivity contribution in [3.8, 4) is 0 Å².